The van der Waals surface area contributed by atoms with Crippen LogP contribution in [0.15, 0.2) is 18.2 Å². The van der Waals surface area contributed by atoms with Crippen molar-refractivity contribution < 1.29 is 14.3 Å². The first-order valence-electron chi connectivity index (χ1n) is 5.15. The van der Waals surface area contributed by atoms with E-state index < -0.39 is 0 Å². The number of ether oxygens (including phenoxy) is 1. The van der Waals surface area contributed by atoms with Crippen LogP contribution in [0.3, 0.4) is 0 Å². The van der Waals surface area contributed by atoms with Crippen LogP contribution in [0.5, 0.6) is 5.75 Å². The smallest absolute Gasteiger partial charge is 0.262 e. The molecule has 0 radical (unpaired) electrons. The molecular weight excluding hydrogens is 222 g/mol. The van der Waals surface area contributed by atoms with Crippen LogP contribution in [0.1, 0.15) is 0 Å². The van der Waals surface area contributed by atoms with Gasteiger partial charge in [0.05, 0.1) is 12.2 Å². The van der Waals surface area contributed by atoms with Crippen molar-refractivity contribution in [1.82, 2.24) is 0 Å². The number of hydrogen-bond donors (Lipinski definition) is 2. The van der Waals surface area contributed by atoms with Crippen LogP contribution in [0.4, 0.5) is 11.4 Å². The Labute approximate surface area is 98.3 Å². The molecule has 0 aromatic heterocycles. The molecule has 6 nitrogen and oxygen atoms in total. The van der Waals surface area contributed by atoms with Gasteiger partial charge in [-0.25, -0.2) is 0 Å². The molecule has 17 heavy (non-hydrogen) atoms. The SMILES string of the molecule is CN(C(=O)CN)c1ccc2c(c1)NC(=O)CO2. The topological polar surface area (TPSA) is 84.7 Å². The van der Waals surface area contributed by atoms with E-state index in [1.54, 1.807) is 25.2 Å². The average molecular weight is 235 g/mol. The van der Waals surface area contributed by atoms with E-state index in [-0.39, 0.29) is 25.0 Å². The molecule has 0 fully saturated rings. The number of carbonyl (C=O) groups is 2. The molecule has 6 heteroatoms. The molecule has 1 aromatic rings. The van der Waals surface area contributed by atoms with Gasteiger partial charge in [-0.05, 0) is 18.2 Å². The number of hydrogen-bond acceptors (Lipinski definition) is 4. The molecule has 3 N–H and O–H groups in total. The second-order valence-corrected chi connectivity index (χ2v) is 3.67. The van der Waals surface area contributed by atoms with Gasteiger partial charge >= 0.3 is 0 Å². The summed E-state index contributed by atoms with van der Waals surface area (Å²) in [4.78, 5) is 24.0. The van der Waals surface area contributed by atoms with Crippen molar-refractivity contribution in [3.63, 3.8) is 0 Å². The lowest BCUT2D eigenvalue weighted by Gasteiger charge is -2.21. The van der Waals surface area contributed by atoms with Crippen LogP contribution in [0.2, 0.25) is 0 Å². The van der Waals surface area contributed by atoms with E-state index in [2.05, 4.69) is 5.32 Å². The maximum atomic E-state index is 11.4. The van der Waals surface area contributed by atoms with E-state index >= 15 is 0 Å². The van der Waals surface area contributed by atoms with Crippen molar-refractivity contribution in [2.45, 2.75) is 0 Å². The predicted molar refractivity (Wildman–Crippen MR) is 63.0 cm³/mol. The van der Waals surface area contributed by atoms with Gasteiger partial charge in [-0.3, -0.25) is 9.59 Å². The van der Waals surface area contributed by atoms with Gasteiger partial charge in [-0.1, -0.05) is 0 Å². The Morgan fingerprint density at radius 1 is 1.59 bits per heavy atom. The molecule has 1 aliphatic heterocycles. The number of fused-ring (bicyclic) bond motifs is 1. The highest BCUT2D eigenvalue weighted by molar-refractivity contribution is 5.98. The minimum Gasteiger partial charge on any atom is -0.482 e. The summed E-state index contributed by atoms with van der Waals surface area (Å²) in [5, 5.41) is 2.68. The van der Waals surface area contributed by atoms with Gasteiger partial charge in [-0.2, -0.15) is 0 Å². The van der Waals surface area contributed by atoms with E-state index in [9.17, 15) is 9.59 Å². The Morgan fingerprint density at radius 3 is 3.06 bits per heavy atom. The number of nitrogens with zero attached hydrogens (tertiary/aromatic N) is 1. The standard InChI is InChI=1S/C11H13N3O3/c1-14(11(16)5-12)7-2-3-9-8(4-7)13-10(15)6-17-9/h2-4H,5-6,12H2,1H3,(H,13,15). The third-order valence-corrected chi connectivity index (χ3v) is 2.53. The molecule has 0 saturated carbocycles. The minimum absolute atomic E-state index is 0.0178. The number of anilines is 2. The molecular formula is C11H13N3O3. The Balaban J connectivity index is 2.29. The fourth-order valence-electron chi connectivity index (χ4n) is 1.56. The number of amides is 2. The Bertz CT molecular complexity index is 473. The van der Waals surface area contributed by atoms with Gasteiger partial charge in [0.15, 0.2) is 6.61 Å². The molecule has 90 valence electrons. The van der Waals surface area contributed by atoms with Gasteiger partial charge in [0.25, 0.3) is 5.91 Å². The lowest BCUT2D eigenvalue weighted by molar-refractivity contribution is -0.118. The molecule has 0 bridgehead atoms. The second kappa shape index (κ2) is 4.42. The fraction of sp³-hybridized carbons (Fsp3) is 0.273. The first kappa shape index (κ1) is 11.4. The van der Waals surface area contributed by atoms with Crippen molar-refractivity contribution in [3.8, 4) is 5.75 Å². The first-order chi connectivity index (χ1) is 8.11. The summed E-state index contributed by atoms with van der Waals surface area (Å²) >= 11 is 0. The summed E-state index contributed by atoms with van der Waals surface area (Å²) in [6, 6.07) is 5.13. The van der Waals surface area contributed by atoms with Gasteiger partial charge in [0.1, 0.15) is 5.75 Å². The van der Waals surface area contributed by atoms with Gasteiger partial charge in [-0.15, -0.1) is 0 Å². The summed E-state index contributed by atoms with van der Waals surface area (Å²) in [6.45, 7) is -0.0413. The van der Waals surface area contributed by atoms with E-state index in [0.717, 1.165) is 0 Å². The third-order valence-electron chi connectivity index (χ3n) is 2.53. The molecule has 0 atom stereocenters. The lowest BCUT2D eigenvalue weighted by atomic mass is 10.2. The van der Waals surface area contributed by atoms with Gasteiger partial charge < -0.3 is 20.7 Å². The zero-order valence-electron chi connectivity index (χ0n) is 9.40. The van der Waals surface area contributed by atoms with Crippen LogP contribution in [0, 0.1) is 0 Å². The zero-order valence-corrected chi connectivity index (χ0v) is 9.40. The summed E-state index contributed by atoms with van der Waals surface area (Å²) in [6.07, 6.45) is 0. The summed E-state index contributed by atoms with van der Waals surface area (Å²) in [5.41, 5.74) is 6.51. The van der Waals surface area contributed by atoms with E-state index in [0.29, 0.717) is 17.1 Å². The molecule has 0 saturated heterocycles. The van der Waals surface area contributed by atoms with Crippen molar-refractivity contribution in [2.75, 3.05) is 30.4 Å². The second-order valence-electron chi connectivity index (χ2n) is 3.67. The lowest BCUT2D eigenvalue weighted by Crippen LogP contribution is -2.32. The highest BCUT2D eigenvalue weighted by Gasteiger charge is 2.18. The number of carbonyl (C=O) groups excluding carboxylic acids is 2. The normalized spacial score (nSPS) is 13.4. The predicted octanol–water partition coefficient (Wildman–Crippen LogP) is -0.0610. The molecule has 0 unspecified atom stereocenters. The van der Waals surface area contributed by atoms with Crippen LogP contribution in [-0.4, -0.2) is 32.0 Å². The molecule has 0 aliphatic carbocycles. The maximum absolute atomic E-state index is 11.4. The van der Waals surface area contributed by atoms with E-state index in [1.807, 2.05) is 0 Å². The maximum Gasteiger partial charge on any atom is 0.262 e. The highest BCUT2D eigenvalue weighted by Crippen LogP contribution is 2.31. The zero-order chi connectivity index (χ0) is 12.4. The molecule has 2 amide bonds. The first-order valence-corrected chi connectivity index (χ1v) is 5.15. The van der Waals surface area contributed by atoms with Crippen LogP contribution >= 0.6 is 0 Å². The summed E-state index contributed by atoms with van der Waals surface area (Å²) in [7, 11) is 1.63. The molecule has 1 heterocycles. The fourth-order valence-corrected chi connectivity index (χ4v) is 1.56. The highest BCUT2D eigenvalue weighted by atomic mass is 16.5. The number of nitrogens with two attached hydrogens (primary N) is 1. The average Bonchev–Trinajstić information content (AvgIpc) is 2.36. The third kappa shape index (κ3) is 2.21. The Hall–Kier alpha value is -2.08. The van der Waals surface area contributed by atoms with Crippen molar-refractivity contribution in [1.29, 1.82) is 0 Å². The summed E-state index contributed by atoms with van der Waals surface area (Å²) < 4.78 is 5.22. The quantitative estimate of drug-likeness (QED) is 0.752. The largest absolute Gasteiger partial charge is 0.482 e. The molecule has 0 spiro atoms. The van der Waals surface area contributed by atoms with Crippen LogP contribution in [-0.2, 0) is 9.59 Å². The number of rotatable bonds is 2. The van der Waals surface area contributed by atoms with Crippen molar-refractivity contribution in [2.24, 2.45) is 5.73 Å². The minimum atomic E-state index is -0.206. The molecule has 1 aliphatic rings. The Morgan fingerprint density at radius 2 is 2.35 bits per heavy atom. The monoisotopic (exact) mass is 235 g/mol. The van der Waals surface area contributed by atoms with E-state index in [4.69, 9.17) is 10.5 Å². The Kier molecular flexibility index (Phi) is 2.97. The van der Waals surface area contributed by atoms with Crippen molar-refractivity contribution >= 4 is 23.2 Å². The van der Waals surface area contributed by atoms with Crippen LogP contribution < -0.4 is 20.7 Å². The number of benzene rings is 1. The molecule has 2 rings (SSSR count). The van der Waals surface area contributed by atoms with Crippen LogP contribution in [0.25, 0.3) is 0 Å². The number of likely N-dealkylation sites (N-methyl/N-ethyl adjacent to an activating group) is 1. The molecule has 1 aromatic carbocycles. The summed E-state index contributed by atoms with van der Waals surface area (Å²) in [5.74, 6) is 0.192. The van der Waals surface area contributed by atoms with Gasteiger partial charge in [0.2, 0.25) is 5.91 Å². The number of nitrogens with one attached hydrogen (secondary N) is 1. The van der Waals surface area contributed by atoms with Crippen molar-refractivity contribution in [3.05, 3.63) is 18.2 Å². The van der Waals surface area contributed by atoms with E-state index in [1.165, 1.54) is 4.90 Å². The van der Waals surface area contributed by atoms with Gasteiger partial charge in [0, 0.05) is 12.7 Å².